The summed E-state index contributed by atoms with van der Waals surface area (Å²) < 4.78 is 0. The van der Waals surface area contributed by atoms with Crippen molar-refractivity contribution in [2.24, 2.45) is 10.9 Å². The fraction of sp³-hybridized carbons (Fsp3) is 0.600. The summed E-state index contributed by atoms with van der Waals surface area (Å²) in [5.41, 5.74) is 7.09. The molecule has 4 N–H and O–H groups in total. The number of nitrogens with zero attached hydrogens (tertiary/aromatic N) is 3. The fourth-order valence-electron chi connectivity index (χ4n) is 1.88. The highest BCUT2D eigenvalue weighted by atomic mass is 16.4. The van der Waals surface area contributed by atoms with Crippen LogP contribution in [0.1, 0.15) is 37.9 Å². The molecule has 0 aromatic carbocycles. The maximum absolute atomic E-state index is 8.64. The van der Waals surface area contributed by atoms with E-state index in [1.54, 1.807) is 6.20 Å². The van der Waals surface area contributed by atoms with Gasteiger partial charge >= 0.3 is 0 Å². The molecule has 0 unspecified atom stereocenters. The van der Waals surface area contributed by atoms with Gasteiger partial charge in [-0.2, -0.15) is 0 Å². The summed E-state index contributed by atoms with van der Waals surface area (Å²) >= 11 is 0. The molecule has 0 bridgehead atoms. The number of hydrogen-bond acceptors (Lipinski definition) is 5. The predicted octanol–water partition coefficient (Wildman–Crippen LogP) is 1.39. The number of unbranched alkanes of at least 4 members (excludes halogenated alkanes) is 1. The molecule has 1 aromatic rings. The first-order valence-corrected chi connectivity index (χ1v) is 7.38. The topological polar surface area (TPSA) is 86.8 Å². The molecule has 0 aliphatic carbocycles. The summed E-state index contributed by atoms with van der Waals surface area (Å²) in [4.78, 5) is 6.41. The van der Waals surface area contributed by atoms with Crippen molar-refractivity contribution in [1.82, 2.24) is 15.2 Å². The SMILES string of the molecule is CC(C)N(C)CCCCNCc1ccnc(C(N)=NO)c1. The van der Waals surface area contributed by atoms with Crippen molar-refractivity contribution in [1.29, 1.82) is 0 Å². The van der Waals surface area contributed by atoms with E-state index in [9.17, 15) is 0 Å². The van der Waals surface area contributed by atoms with Crippen LogP contribution in [-0.4, -0.2) is 47.1 Å². The van der Waals surface area contributed by atoms with Gasteiger partial charge in [0.05, 0.1) is 0 Å². The van der Waals surface area contributed by atoms with Crippen molar-refractivity contribution in [2.45, 2.75) is 39.3 Å². The summed E-state index contributed by atoms with van der Waals surface area (Å²) in [6.07, 6.45) is 4.00. The maximum Gasteiger partial charge on any atom is 0.188 e. The van der Waals surface area contributed by atoms with Gasteiger partial charge in [-0.1, -0.05) is 5.16 Å². The smallest absolute Gasteiger partial charge is 0.188 e. The van der Waals surface area contributed by atoms with E-state index in [4.69, 9.17) is 10.9 Å². The summed E-state index contributed by atoms with van der Waals surface area (Å²) in [5.74, 6) is 0.0357. The molecular formula is C15H27N5O. The Kier molecular flexibility index (Phi) is 7.71. The molecule has 0 atom stereocenters. The molecule has 0 spiro atoms. The van der Waals surface area contributed by atoms with Gasteiger partial charge in [-0.3, -0.25) is 4.98 Å². The molecule has 0 saturated carbocycles. The Morgan fingerprint density at radius 1 is 1.48 bits per heavy atom. The Balaban J connectivity index is 2.24. The summed E-state index contributed by atoms with van der Waals surface area (Å²) in [7, 11) is 2.16. The number of hydrogen-bond donors (Lipinski definition) is 3. The van der Waals surface area contributed by atoms with E-state index in [1.165, 1.54) is 6.42 Å². The summed E-state index contributed by atoms with van der Waals surface area (Å²) in [6.45, 7) is 7.28. The van der Waals surface area contributed by atoms with Gasteiger partial charge in [-0.25, -0.2) is 0 Å². The molecule has 0 radical (unpaired) electrons. The van der Waals surface area contributed by atoms with Gasteiger partial charge in [0.2, 0.25) is 0 Å². The highest BCUT2D eigenvalue weighted by Crippen LogP contribution is 2.02. The number of rotatable bonds is 9. The Morgan fingerprint density at radius 2 is 2.24 bits per heavy atom. The molecule has 6 nitrogen and oxygen atoms in total. The Labute approximate surface area is 127 Å². The number of amidine groups is 1. The standard InChI is InChI=1S/C15H27N5O/c1-12(2)20(3)9-5-4-7-17-11-13-6-8-18-14(10-13)15(16)19-21/h6,8,10,12,17,21H,4-5,7,9,11H2,1-3H3,(H2,16,19). The molecule has 21 heavy (non-hydrogen) atoms. The molecule has 1 rings (SSSR count). The zero-order valence-electron chi connectivity index (χ0n) is 13.2. The molecule has 0 amide bonds. The van der Waals surface area contributed by atoms with Gasteiger partial charge in [0.1, 0.15) is 5.69 Å². The van der Waals surface area contributed by atoms with Crippen LogP contribution in [0.25, 0.3) is 0 Å². The second kappa shape index (κ2) is 9.31. The van der Waals surface area contributed by atoms with Gasteiger partial charge in [0, 0.05) is 18.8 Å². The lowest BCUT2D eigenvalue weighted by molar-refractivity contribution is 0.268. The van der Waals surface area contributed by atoms with E-state index < -0.39 is 0 Å². The van der Waals surface area contributed by atoms with E-state index in [1.807, 2.05) is 12.1 Å². The molecule has 1 aromatic heterocycles. The van der Waals surface area contributed by atoms with Crippen LogP contribution in [0.5, 0.6) is 0 Å². The van der Waals surface area contributed by atoms with Gasteiger partial charge in [0.15, 0.2) is 5.84 Å². The molecule has 6 heteroatoms. The third kappa shape index (κ3) is 6.55. The number of pyridine rings is 1. The first kappa shape index (κ1) is 17.4. The van der Waals surface area contributed by atoms with Gasteiger partial charge < -0.3 is 21.2 Å². The number of nitrogens with one attached hydrogen (secondary N) is 1. The first-order valence-electron chi connectivity index (χ1n) is 7.38. The maximum atomic E-state index is 8.64. The van der Waals surface area contributed by atoms with Crippen molar-refractivity contribution < 1.29 is 5.21 Å². The Morgan fingerprint density at radius 3 is 2.90 bits per heavy atom. The van der Waals surface area contributed by atoms with Crippen LogP contribution >= 0.6 is 0 Å². The van der Waals surface area contributed by atoms with Crippen LogP contribution in [-0.2, 0) is 6.54 Å². The van der Waals surface area contributed by atoms with Crippen molar-refractivity contribution in [3.05, 3.63) is 29.6 Å². The molecule has 0 aliphatic heterocycles. The second-order valence-corrected chi connectivity index (χ2v) is 5.49. The van der Waals surface area contributed by atoms with Crippen LogP contribution < -0.4 is 11.1 Å². The number of nitrogens with two attached hydrogens (primary N) is 1. The second-order valence-electron chi connectivity index (χ2n) is 5.49. The first-order chi connectivity index (χ1) is 10.0. The highest BCUT2D eigenvalue weighted by Gasteiger charge is 2.03. The highest BCUT2D eigenvalue weighted by molar-refractivity contribution is 5.95. The zero-order valence-corrected chi connectivity index (χ0v) is 13.2. The minimum atomic E-state index is 0.0357. The monoisotopic (exact) mass is 293 g/mol. The molecule has 0 fully saturated rings. The van der Waals surface area contributed by atoms with Gasteiger partial charge in [-0.05, 0) is 64.5 Å². The number of oxime groups is 1. The average Bonchev–Trinajstić information content (AvgIpc) is 2.49. The molecule has 118 valence electrons. The lowest BCUT2D eigenvalue weighted by Crippen LogP contribution is -2.27. The van der Waals surface area contributed by atoms with E-state index in [0.717, 1.165) is 31.6 Å². The van der Waals surface area contributed by atoms with Crippen LogP contribution in [0.2, 0.25) is 0 Å². The number of aromatic nitrogens is 1. The van der Waals surface area contributed by atoms with Crippen molar-refractivity contribution in [2.75, 3.05) is 20.1 Å². The molecule has 1 heterocycles. The van der Waals surface area contributed by atoms with Crippen LogP contribution in [0.4, 0.5) is 0 Å². The van der Waals surface area contributed by atoms with Gasteiger partial charge in [0.25, 0.3) is 0 Å². The normalized spacial score (nSPS) is 12.3. The molecular weight excluding hydrogens is 266 g/mol. The van der Waals surface area contributed by atoms with E-state index in [2.05, 4.69) is 41.3 Å². The molecule has 0 saturated heterocycles. The predicted molar refractivity (Wildman–Crippen MR) is 85.5 cm³/mol. The third-order valence-electron chi connectivity index (χ3n) is 3.52. The minimum absolute atomic E-state index is 0.0357. The Hall–Kier alpha value is -1.66. The minimum Gasteiger partial charge on any atom is -0.409 e. The van der Waals surface area contributed by atoms with Gasteiger partial charge in [-0.15, -0.1) is 0 Å². The van der Waals surface area contributed by atoms with Crippen molar-refractivity contribution in [3.63, 3.8) is 0 Å². The summed E-state index contributed by atoms with van der Waals surface area (Å²) in [5, 5.41) is 15.0. The summed E-state index contributed by atoms with van der Waals surface area (Å²) in [6, 6.07) is 4.36. The lowest BCUT2D eigenvalue weighted by Gasteiger charge is -2.20. The van der Waals surface area contributed by atoms with E-state index in [-0.39, 0.29) is 5.84 Å². The van der Waals surface area contributed by atoms with Crippen LogP contribution in [0.3, 0.4) is 0 Å². The molecule has 0 aliphatic rings. The lowest BCUT2D eigenvalue weighted by atomic mass is 10.2. The Bertz CT molecular complexity index is 447. The zero-order chi connectivity index (χ0) is 15.7. The van der Waals surface area contributed by atoms with Crippen LogP contribution in [0, 0.1) is 0 Å². The van der Waals surface area contributed by atoms with Crippen molar-refractivity contribution >= 4 is 5.84 Å². The fourth-order valence-corrected chi connectivity index (χ4v) is 1.88. The van der Waals surface area contributed by atoms with E-state index >= 15 is 0 Å². The van der Waals surface area contributed by atoms with Crippen LogP contribution in [0.15, 0.2) is 23.5 Å². The largest absolute Gasteiger partial charge is 0.409 e. The van der Waals surface area contributed by atoms with Crippen molar-refractivity contribution in [3.8, 4) is 0 Å². The third-order valence-corrected chi connectivity index (χ3v) is 3.52. The quantitative estimate of drug-likeness (QED) is 0.210. The average molecular weight is 293 g/mol. The van der Waals surface area contributed by atoms with E-state index in [0.29, 0.717) is 11.7 Å².